The second-order valence-corrected chi connectivity index (χ2v) is 17.6. The highest BCUT2D eigenvalue weighted by molar-refractivity contribution is 7.19. The number of amidine groups is 1. The largest absolute Gasteiger partial charge is 0.337 e. The lowest BCUT2D eigenvalue weighted by molar-refractivity contribution is 0.330. The monoisotopic (exact) mass is 772 g/mol. The highest BCUT2D eigenvalue weighted by Crippen LogP contribution is 2.54. The normalized spacial score (nSPS) is 16.8. The zero-order valence-corrected chi connectivity index (χ0v) is 33.2. The summed E-state index contributed by atoms with van der Waals surface area (Å²) in [5.41, 5.74) is 13.0. The third kappa shape index (κ3) is 4.10. The number of aromatic nitrogens is 2. The first kappa shape index (κ1) is 32.1. The number of para-hydroxylation sites is 4. The summed E-state index contributed by atoms with van der Waals surface area (Å²) in [7, 11) is 2.32. The molecule has 0 N–H and O–H groups in total. The van der Waals surface area contributed by atoms with Gasteiger partial charge in [-0.05, 0) is 82.3 Å². The van der Waals surface area contributed by atoms with E-state index in [4.69, 9.17) is 4.99 Å². The van der Waals surface area contributed by atoms with Gasteiger partial charge in [0.2, 0.25) is 0 Å². The Morgan fingerprint density at radius 2 is 1.15 bits per heavy atom. The summed E-state index contributed by atoms with van der Waals surface area (Å²) in [5.74, 6) is 1.15. The minimum atomic E-state index is -0.0920. The van der Waals surface area contributed by atoms with Crippen LogP contribution in [0.3, 0.4) is 0 Å². The minimum absolute atomic E-state index is 0.0144. The molecule has 0 spiro atoms. The number of aliphatic imine (C=N–C) groups is 1. The molecule has 2 unspecified atom stereocenters. The molecule has 2 atom stereocenters. The van der Waals surface area contributed by atoms with Gasteiger partial charge in [0, 0.05) is 55.4 Å². The average Bonchev–Trinajstić information content (AvgIpc) is 3.99. The Morgan fingerprint density at radius 1 is 0.559 bits per heavy atom. The second kappa shape index (κ2) is 11.6. The highest BCUT2D eigenvalue weighted by Gasteiger charge is 2.40. The Kier molecular flexibility index (Phi) is 6.30. The maximum absolute atomic E-state index is 5.93. The van der Waals surface area contributed by atoms with E-state index in [1.54, 1.807) is 0 Å². The highest BCUT2D eigenvalue weighted by atomic mass is 32.1. The number of aryl methyl sites for hydroxylation is 1. The molecule has 1 aliphatic carbocycles. The maximum Gasteiger partial charge on any atom is 0.145 e. The fraction of sp³-hybridized carbons (Fsp3) is 0.0926. The van der Waals surface area contributed by atoms with Crippen molar-refractivity contribution in [3.63, 3.8) is 0 Å². The second-order valence-electron chi connectivity index (χ2n) is 16.6. The summed E-state index contributed by atoms with van der Waals surface area (Å²) in [4.78, 5) is 9.77. The number of nitrogens with zero attached hydrogens (tertiary/aromatic N) is 4. The molecule has 2 aliphatic rings. The van der Waals surface area contributed by atoms with Crippen LogP contribution in [0.5, 0.6) is 0 Å². The van der Waals surface area contributed by atoms with E-state index in [0.717, 1.165) is 24.4 Å². The zero-order valence-electron chi connectivity index (χ0n) is 32.4. The van der Waals surface area contributed by atoms with Crippen LogP contribution in [0.4, 0.5) is 5.69 Å². The van der Waals surface area contributed by atoms with Crippen molar-refractivity contribution in [3.05, 3.63) is 180 Å². The zero-order chi connectivity index (χ0) is 38.5. The Balaban J connectivity index is 1.12. The van der Waals surface area contributed by atoms with Crippen molar-refractivity contribution < 1.29 is 0 Å². The fourth-order valence-corrected chi connectivity index (χ4v) is 12.6. The van der Waals surface area contributed by atoms with Crippen LogP contribution in [0.25, 0.3) is 91.9 Å². The summed E-state index contributed by atoms with van der Waals surface area (Å²) < 4.78 is 6.42. The lowest BCUT2D eigenvalue weighted by Crippen LogP contribution is -2.40. The molecule has 1 aliphatic heterocycles. The smallest absolute Gasteiger partial charge is 0.145 e. The van der Waals surface area contributed by atoms with Gasteiger partial charge in [-0.1, -0.05) is 127 Å². The molecule has 0 fully saturated rings. The number of rotatable bonds is 2. The predicted molar refractivity (Wildman–Crippen MR) is 249 cm³/mol. The topological polar surface area (TPSA) is 24.9 Å². The first-order valence-corrected chi connectivity index (χ1v) is 21.6. The van der Waals surface area contributed by atoms with E-state index < -0.39 is 0 Å². The molecule has 4 nitrogen and oxygen atoms in total. The quantitative estimate of drug-likeness (QED) is 0.172. The van der Waals surface area contributed by atoms with E-state index in [1.165, 1.54) is 108 Å². The molecule has 4 aromatic heterocycles. The van der Waals surface area contributed by atoms with Crippen LogP contribution >= 0.6 is 11.3 Å². The Labute approximate surface area is 343 Å². The van der Waals surface area contributed by atoms with Crippen molar-refractivity contribution in [3.8, 4) is 11.1 Å². The van der Waals surface area contributed by atoms with Gasteiger partial charge in [-0.15, -0.1) is 11.3 Å². The summed E-state index contributed by atoms with van der Waals surface area (Å²) in [6, 6.07) is 61.1. The van der Waals surface area contributed by atoms with Crippen molar-refractivity contribution in [2.45, 2.75) is 24.9 Å². The lowest BCUT2D eigenvalue weighted by atomic mass is 9.84. The van der Waals surface area contributed by atoms with Gasteiger partial charge in [0.05, 0.1) is 38.1 Å². The molecule has 278 valence electrons. The molecular formula is C54H36N4S. The van der Waals surface area contributed by atoms with Crippen molar-refractivity contribution in [2.75, 3.05) is 7.05 Å². The summed E-state index contributed by atoms with van der Waals surface area (Å²) in [6.45, 7) is 0. The molecule has 5 heterocycles. The van der Waals surface area contributed by atoms with E-state index in [-0.39, 0.29) is 12.1 Å². The van der Waals surface area contributed by atoms with Gasteiger partial charge in [0.15, 0.2) is 0 Å². The van der Waals surface area contributed by atoms with Crippen LogP contribution in [0.1, 0.15) is 34.5 Å². The summed E-state index contributed by atoms with van der Waals surface area (Å²) in [6.07, 6.45) is 1.80. The number of benzene rings is 8. The average molecular weight is 773 g/mol. The SMILES string of the molecule is CN1C(C2CCc3c(ccc4ccccc34)-c3cc4c5ccccc5n5c6ccccc6c(c32)c45)=Nc2c(sc3ccccc23)C1n1c2ccccc2c2ccccc21. The fourth-order valence-electron chi connectivity index (χ4n) is 11.3. The Morgan fingerprint density at radius 3 is 1.90 bits per heavy atom. The van der Waals surface area contributed by atoms with Crippen molar-refractivity contribution in [1.82, 2.24) is 13.9 Å². The standard InChI is InChI=1S/C54H36N4S/c1-56-53(55-50-39-20-8-13-25-47(39)59-52(50)54(56)58-44-22-10-4-16-35(44)36-17-5-11-23-45(36)58)40-29-28-33-32-15-3-2-14-31(32)26-27-34(33)41-30-42-37-18-6-9-21-43(37)57-46-24-12-7-19-38(46)49(48(40)41)51(42)57/h2-27,30,40,54H,28-29H2,1H3. The molecule has 0 saturated carbocycles. The molecule has 8 aromatic carbocycles. The maximum atomic E-state index is 5.93. The molecule has 12 aromatic rings. The number of fused-ring (bicyclic) bond motifs is 18. The molecule has 0 amide bonds. The molecule has 0 saturated heterocycles. The third-order valence-electron chi connectivity index (χ3n) is 13.7. The first-order chi connectivity index (χ1) is 29.2. The van der Waals surface area contributed by atoms with E-state index in [0.29, 0.717) is 0 Å². The number of thiophene rings is 1. The molecule has 0 radical (unpaired) electrons. The van der Waals surface area contributed by atoms with Gasteiger partial charge in [-0.2, -0.15) is 0 Å². The molecular weight excluding hydrogens is 737 g/mol. The Bertz CT molecular complexity index is 3730. The van der Waals surface area contributed by atoms with Crippen LogP contribution in [0, 0.1) is 0 Å². The predicted octanol–water partition coefficient (Wildman–Crippen LogP) is 14.2. The number of hydrogen-bond acceptors (Lipinski definition) is 3. The van der Waals surface area contributed by atoms with Crippen molar-refractivity contribution in [2.24, 2.45) is 4.99 Å². The van der Waals surface area contributed by atoms with Gasteiger partial charge >= 0.3 is 0 Å². The van der Waals surface area contributed by atoms with Gasteiger partial charge in [0.1, 0.15) is 12.0 Å². The number of hydrogen-bond donors (Lipinski definition) is 0. The van der Waals surface area contributed by atoms with Crippen molar-refractivity contribution >= 4 is 104 Å². The summed E-state index contributed by atoms with van der Waals surface area (Å²) >= 11 is 1.89. The van der Waals surface area contributed by atoms with Gasteiger partial charge in [-0.3, -0.25) is 0 Å². The van der Waals surface area contributed by atoms with Gasteiger partial charge < -0.3 is 13.9 Å². The van der Waals surface area contributed by atoms with Crippen LogP contribution in [-0.2, 0) is 6.42 Å². The van der Waals surface area contributed by atoms with E-state index >= 15 is 0 Å². The molecule has 5 heteroatoms. The van der Waals surface area contributed by atoms with Crippen LogP contribution in [0.15, 0.2) is 169 Å². The summed E-state index contributed by atoms with van der Waals surface area (Å²) in [5, 5.41) is 11.7. The number of likely N-dealkylation sites (N-methyl/N-ethyl adjacent to an activating group) is 1. The van der Waals surface area contributed by atoms with E-state index in [1.807, 2.05) is 11.3 Å². The minimum Gasteiger partial charge on any atom is -0.337 e. The molecule has 59 heavy (non-hydrogen) atoms. The van der Waals surface area contributed by atoms with Gasteiger partial charge in [0.25, 0.3) is 0 Å². The molecule has 14 rings (SSSR count). The van der Waals surface area contributed by atoms with Crippen LogP contribution in [-0.4, -0.2) is 26.8 Å². The molecule has 0 bridgehead atoms. The third-order valence-corrected chi connectivity index (χ3v) is 14.9. The van der Waals surface area contributed by atoms with E-state index in [9.17, 15) is 0 Å². The Hall–Kier alpha value is -6.95. The van der Waals surface area contributed by atoms with Gasteiger partial charge in [-0.25, -0.2) is 4.99 Å². The van der Waals surface area contributed by atoms with Crippen molar-refractivity contribution in [1.29, 1.82) is 0 Å². The van der Waals surface area contributed by atoms with Crippen LogP contribution < -0.4 is 0 Å². The lowest BCUT2D eigenvalue weighted by Gasteiger charge is -2.39. The first-order valence-electron chi connectivity index (χ1n) is 20.7. The van der Waals surface area contributed by atoms with Crippen LogP contribution in [0.2, 0.25) is 0 Å². The van der Waals surface area contributed by atoms with E-state index in [2.05, 4.69) is 185 Å².